The quantitative estimate of drug-likeness (QED) is 0.824. The van der Waals surface area contributed by atoms with Crippen molar-refractivity contribution in [3.8, 4) is 0 Å². The molecule has 0 atom stereocenters. The highest BCUT2D eigenvalue weighted by molar-refractivity contribution is 7.91. The minimum Gasteiger partial charge on any atom is -0.398 e. The maximum absolute atomic E-state index is 12.7. The second kappa shape index (κ2) is 4.59. The van der Waals surface area contributed by atoms with Crippen LogP contribution in [0.25, 0.3) is 0 Å². The zero-order chi connectivity index (χ0) is 14.2. The third-order valence-electron chi connectivity index (χ3n) is 3.19. The van der Waals surface area contributed by atoms with Gasteiger partial charge in [0.05, 0.1) is 16.3 Å². The van der Waals surface area contributed by atoms with Crippen molar-refractivity contribution in [2.75, 3.05) is 11.5 Å². The van der Waals surface area contributed by atoms with Crippen molar-refractivity contribution < 1.29 is 8.42 Å². The van der Waals surface area contributed by atoms with Crippen LogP contribution in [0, 0.1) is 13.8 Å². The second-order valence-corrected chi connectivity index (χ2v) is 6.32. The fourth-order valence-electron chi connectivity index (χ4n) is 2.01. The Labute approximate surface area is 113 Å². The van der Waals surface area contributed by atoms with Crippen LogP contribution in [0.1, 0.15) is 11.1 Å². The van der Waals surface area contributed by atoms with Crippen molar-refractivity contribution in [1.29, 1.82) is 0 Å². The number of benzene rings is 2. The summed E-state index contributed by atoms with van der Waals surface area (Å²) in [6, 6.07) is 9.86. The lowest BCUT2D eigenvalue weighted by Gasteiger charge is -2.13. The van der Waals surface area contributed by atoms with Gasteiger partial charge in [0.1, 0.15) is 4.90 Å². The van der Waals surface area contributed by atoms with E-state index in [0.29, 0.717) is 5.56 Å². The summed E-state index contributed by atoms with van der Waals surface area (Å²) < 4.78 is 25.4. The second-order valence-electron chi connectivity index (χ2n) is 4.47. The maximum atomic E-state index is 12.7. The standard InChI is InChI=1S/C14H16N2O2S/c1-9-5-3-8-13(10(9)2)19(17,18)14-11(15)6-4-7-12(14)16/h3-8H,15-16H2,1-2H3. The molecule has 0 heterocycles. The first-order valence-corrected chi connectivity index (χ1v) is 7.29. The normalized spacial score (nSPS) is 11.5. The summed E-state index contributed by atoms with van der Waals surface area (Å²) in [4.78, 5) is 0.237. The maximum Gasteiger partial charge on any atom is 0.210 e. The molecule has 4 nitrogen and oxygen atoms in total. The van der Waals surface area contributed by atoms with Gasteiger partial charge in [0.15, 0.2) is 0 Å². The van der Waals surface area contributed by atoms with Gasteiger partial charge in [-0.15, -0.1) is 0 Å². The van der Waals surface area contributed by atoms with Gasteiger partial charge in [0.2, 0.25) is 9.84 Å². The molecule has 0 aliphatic rings. The molecule has 0 unspecified atom stereocenters. The molecule has 0 spiro atoms. The topological polar surface area (TPSA) is 86.2 Å². The number of hydrogen-bond donors (Lipinski definition) is 2. The van der Waals surface area contributed by atoms with Crippen LogP contribution in [0.2, 0.25) is 0 Å². The van der Waals surface area contributed by atoms with Gasteiger partial charge in [-0.3, -0.25) is 0 Å². The molecule has 2 rings (SSSR count). The monoisotopic (exact) mass is 276 g/mol. The van der Waals surface area contributed by atoms with E-state index in [1.165, 1.54) is 12.1 Å². The number of anilines is 2. The summed E-state index contributed by atoms with van der Waals surface area (Å²) in [5.41, 5.74) is 13.5. The molecule has 0 saturated heterocycles. The van der Waals surface area contributed by atoms with Crippen molar-refractivity contribution >= 4 is 21.2 Å². The molecular formula is C14H16N2O2S. The van der Waals surface area contributed by atoms with Gasteiger partial charge >= 0.3 is 0 Å². The summed E-state index contributed by atoms with van der Waals surface area (Å²) in [5.74, 6) is 0. The van der Waals surface area contributed by atoms with E-state index in [-0.39, 0.29) is 21.2 Å². The lowest BCUT2D eigenvalue weighted by atomic mass is 10.1. The smallest absolute Gasteiger partial charge is 0.210 e. The number of rotatable bonds is 2. The van der Waals surface area contributed by atoms with E-state index in [1.807, 2.05) is 13.0 Å². The summed E-state index contributed by atoms with van der Waals surface area (Å²) in [7, 11) is -3.70. The van der Waals surface area contributed by atoms with Gasteiger partial charge in [0.25, 0.3) is 0 Å². The van der Waals surface area contributed by atoms with E-state index < -0.39 is 9.84 Å². The summed E-state index contributed by atoms with van der Waals surface area (Å²) in [6.07, 6.45) is 0. The van der Waals surface area contributed by atoms with Crippen LogP contribution in [0.4, 0.5) is 11.4 Å². The molecule has 0 aliphatic carbocycles. The summed E-state index contributed by atoms with van der Waals surface area (Å²) in [6.45, 7) is 3.64. The fraction of sp³-hybridized carbons (Fsp3) is 0.143. The Morgan fingerprint density at radius 3 is 2.00 bits per heavy atom. The first kappa shape index (κ1) is 13.4. The molecule has 2 aromatic carbocycles. The third kappa shape index (κ3) is 2.17. The Bertz CT molecular complexity index is 717. The average Bonchev–Trinajstić information content (AvgIpc) is 2.32. The average molecular weight is 276 g/mol. The van der Waals surface area contributed by atoms with Gasteiger partial charge < -0.3 is 11.5 Å². The van der Waals surface area contributed by atoms with E-state index in [9.17, 15) is 8.42 Å². The van der Waals surface area contributed by atoms with E-state index in [2.05, 4.69) is 0 Å². The van der Waals surface area contributed by atoms with E-state index >= 15 is 0 Å². The Kier molecular flexibility index (Phi) is 3.24. The molecule has 0 saturated carbocycles. The van der Waals surface area contributed by atoms with Crippen molar-refractivity contribution in [3.63, 3.8) is 0 Å². The SMILES string of the molecule is Cc1cccc(S(=O)(=O)c2c(N)cccc2N)c1C. The van der Waals surface area contributed by atoms with Crippen LogP contribution < -0.4 is 11.5 Å². The van der Waals surface area contributed by atoms with Gasteiger partial charge in [-0.2, -0.15) is 0 Å². The first-order valence-electron chi connectivity index (χ1n) is 5.81. The van der Waals surface area contributed by atoms with Crippen molar-refractivity contribution in [2.24, 2.45) is 0 Å². The minimum atomic E-state index is -3.70. The fourth-order valence-corrected chi connectivity index (χ4v) is 3.81. The molecule has 2 aromatic rings. The molecule has 100 valence electrons. The molecule has 5 heteroatoms. The Morgan fingerprint density at radius 2 is 1.42 bits per heavy atom. The zero-order valence-corrected chi connectivity index (χ0v) is 11.7. The van der Waals surface area contributed by atoms with Gasteiger partial charge in [-0.05, 0) is 43.2 Å². The highest BCUT2D eigenvalue weighted by atomic mass is 32.2. The molecular weight excluding hydrogens is 260 g/mol. The van der Waals surface area contributed by atoms with Crippen LogP contribution in [0.3, 0.4) is 0 Å². The van der Waals surface area contributed by atoms with Gasteiger partial charge in [-0.25, -0.2) is 8.42 Å². The first-order chi connectivity index (χ1) is 8.85. The Balaban J connectivity index is 2.77. The van der Waals surface area contributed by atoms with Crippen LogP contribution in [0.15, 0.2) is 46.2 Å². The van der Waals surface area contributed by atoms with E-state index in [0.717, 1.165) is 5.56 Å². The molecule has 19 heavy (non-hydrogen) atoms. The van der Waals surface area contributed by atoms with Crippen LogP contribution in [0.5, 0.6) is 0 Å². The lowest BCUT2D eigenvalue weighted by molar-refractivity contribution is 0.596. The van der Waals surface area contributed by atoms with Crippen molar-refractivity contribution in [2.45, 2.75) is 23.6 Å². The summed E-state index contributed by atoms with van der Waals surface area (Å²) >= 11 is 0. The highest BCUT2D eigenvalue weighted by Crippen LogP contribution is 2.32. The number of nitrogens with two attached hydrogens (primary N) is 2. The molecule has 0 aromatic heterocycles. The number of hydrogen-bond acceptors (Lipinski definition) is 4. The Hall–Kier alpha value is -2.01. The molecule has 4 N–H and O–H groups in total. The highest BCUT2D eigenvalue weighted by Gasteiger charge is 2.25. The van der Waals surface area contributed by atoms with Crippen molar-refractivity contribution in [1.82, 2.24) is 0 Å². The molecule has 0 amide bonds. The minimum absolute atomic E-state index is 0.0105. The Morgan fingerprint density at radius 1 is 0.895 bits per heavy atom. The predicted molar refractivity (Wildman–Crippen MR) is 76.6 cm³/mol. The summed E-state index contributed by atoms with van der Waals surface area (Å²) in [5, 5.41) is 0. The van der Waals surface area contributed by atoms with Gasteiger partial charge in [0, 0.05) is 0 Å². The lowest BCUT2D eigenvalue weighted by Crippen LogP contribution is -2.10. The van der Waals surface area contributed by atoms with Crippen LogP contribution >= 0.6 is 0 Å². The predicted octanol–water partition coefficient (Wildman–Crippen LogP) is 2.30. The zero-order valence-electron chi connectivity index (χ0n) is 10.8. The van der Waals surface area contributed by atoms with Gasteiger partial charge in [-0.1, -0.05) is 18.2 Å². The largest absolute Gasteiger partial charge is 0.398 e. The number of aryl methyl sites for hydroxylation is 1. The van der Waals surface area contributed by atoms with Crippen LogP contribution in [-0.4, -0.2) is 8.42 Å². The molecule has 0 fully saturated rings. The third-order valence-corrected chi connectivity index (χ3v) is 5.22. The van der Waals surface area contributed by atoms with Crippen molar-refractivity contribution in [3.05, 3.63) is 47.5 Å². The number of nitrogen functional groups attached to an aromatic ring is 2. The van der Waals surface area contributed by atoms with E-state index in [4.69, 9.17) is 11.5 Å². The molecule has 0 bridgehead atoms. The number of sulfone groups is 1. The molecule has 0 radical (unpaired) electrons. The van der Waals surface area contributed by atoms with Crippen LogP contribution in [-0.2, 0) is 9.84 Å². The molecule has 0 aliphatic heterocycles. The van der Waals surface area contributed by atoms with E-state index in [1.54, 1.807) is 25.1 Å².